The second-order valence-corrected chi connectivity index (χ2v) is 12.2. The molecule has 1 aromatic carbocycles. The molecule has 4 heterocycles. The van der Waals surface area contributed by atoms with Gasteiger partial charge in [0, 0.05) is 51.8 Å². The number of rotatable bonds is 7. The normalized spacial score (nSPS) is 13.7. The van der Waals surface area contributed by atoms with E-state index >= 15 is 0 Å². The molecule has 4 aromatic rings. The molecule has 2 amide bonds. The van der Waals surface area contributed by atoms with Gasteiger partial charge in [-0.25, -0.2) is 9.78 Å². The summed E-state index contributed by atoms with van der Waals surface area (Å²) in [5.74, 6) is 2.38. The Hall–Kier alpha value is -4.81. The van der Waals surface area contributed by atoms with E-state index in [4.69, 9.17) is 24.3 Å². The summed E-state index contributed by atoms with van der Waals surface area (Å²) in [5, 5.41) is 9.41. The van der Waals surface area contributed by atoms with Gasteiger partial charge in [0.1, 0.15) is 17.2 Å². The number of aromatic nitrogens is 5. The monoisotopic (exact) mass is 618 g/mol. The van der Waals surface area contributed by atoms with Gasteiger partial charge in [0.15, 0.2) is 17.1 Å². The number of methoxy groups -OCH3 is 2. The Morgan fingerprint density at radius 3 is 2.22 bits per heavy atom. The average Bonchev–Trinajstić information content (AvgIpc) is 3.50. The highest BCUT2D eigenvalue weighted by atomic mass is 16.6. The van der Waals surface area contributed by atoms with Crippen LogP contribution in [0.2, 0.25) is 0 Å². The van der Waals surface area contributed by atoms with Crippen molar-refractivity contribution in [1.29, 1.82) is 0 Å². The quantitative estimate of drug-likeness (QED) is 0.297. The van der Waals surface area contributed by atoms with Crippen LogP contribution in [0.5, 0.6) is 11.5 Å². The zero-order valence-corrected chi connectivity index (χ0v) is 27.5. The predicted octanol–water partition coefficient (Wildman–Crippen LogP) is 4.37. The number of hydrogen-bond donors (Lipinski definition) is 0. The summed E-state index contributed by atoms with van der Waals surface area (Å²) in [6.07, 6.45) is -0.526. The van der Waals surface area contributed by atoms with Crippen molar-refractivity contribution in [2.24, 2.45) is 7.05 Å². The fourth-order valence-electron chi connectivity index (χ4n) is 5.56. The molecule has 240 valence electrons. The third-order valence-electron chi connectivity index (χ3n) is 7.76. The lowest BCUT2D eigenvalue weighted by Gasteiger charge is -2.35. The Morgan fingerprint density at radius 1 is 0.956 bits per heavy atom. The van der Waals surface area contributed by atoms with E-state index in [9.17, 15) is 9.59 Å². The average molecular weight is 619 g/mol. The number of aryl methyl sites for hydroxylation is 3. The van der Waals surface area contributed by atoms with Crippen LogP contribution in [-0.4, -0.2) is 87.3 Å². The fraction of sp³-hybridized carbons (Fsp3) is 0.469. The van der Waals surface area contributed by atoms with E-state index in [1.165, 1.54) is 0 Å². The number of amides is 2. The number of ether oxygens (including phenoxy) is 3. The summed E-state index contributed by atoms with van der Waals surface area (Å²) in [7, 11) is 5.04. The summed E-state index contributed by atoms with van der Waals surface area (Å²) >= 11 is 0. The van der Waals surface area contributed by atoms with E-state index in [1.807, 2.05) is 76.9 Å². The van der Waals surface area contributed by atoms with Crippen LogP contribution in [0.3, 0.4) is 0 Å². The van der Waals surface area contributed by atoms with E-state index in [2.05, 4.69) is 10.00 Å². The number of benzene rings is 1. The molecule has 5 rings (SSSR count). The number of piperazine rings is 1. The Balaban J connectivity index is 1.73. The van der Waals surface area contributed by atoms with Gasteiger partial charge in [-0.1, -0.05) is 6.07 Å². The zero-order valence-electron chi connectivity index (χ0n) is 27.5. The zero-order chi connectivity index (χ0) is 32.6. The van der Waals surface area contributed by atoms with Crippen molar-refractivity contribution in [1.82, 2.24) is 29.3 Å². The highest BCUT2D eigenvalue weighted by molar-refractivity contribution is 5.90. The standard InChI is InChI=1S/C32H42N8O5/c1-20-16-24(36(7)34-20)19-39(31(42)45-32(4,5)6)28-18-27(38-14-12-37(13-15-38)22(3)41)33-30-29(21(2)35-40(28)30)23-10-11-25(43-8)26(17-23)44-9/h10-11,16-18H,12-15,19H2,1-9H3. The van der Waals surface area contributed by atoms with Gasteiger partial charge in [-0.05, 0) is 58.4 Å². The first-order valence-electron chi connectivity index (χ1n) is 14.9. The molecular weight excluding hydrogens is 576 g/mol. The minimum atomic E-state index is -0.736. The SMILES string of the molecule is COc1ccc(-c2c(C)nn3c(N(Cc4cc(C)nn4C)C(=O)OC(C)(C)C)cc(N4CCN(C(C)=O)CC4)nc23)cc1OC. The molecule has 1 saturated heterocycles. The van der Waals surface area contributed by atoms with Crippen molar-refractivity contribution < 1.29 is 23.8 Å². The lowest BCUT2D eigenvalue weighted by molar-refractivity contribution is -0.129. The minimum absolute atomic E-state index is 0.0449. The molecule has 0 bridgehead atoms. The van der Waals surface area contributed by atoms with Crippen molar-refractivity contribution in [3.8, 4) is 22.6 Å². The first-order valence-corrected chi connectivity index (χ1v) is 14.9. The second-order valence-electron chi connectivity index (χ2n) is 12.2. The predicted molar refractivity (Wildman–Crippen MR) is 171 cm³/mol. The first kappa shape index (κ1) is 31.6. The largest absolute Gasteiger partial charge is 0.493 e. The highest BCUT2D eigenvalue weighted by Crippen LogP contribution is 2.37. The van der Waals surface area contributed by atoms with Crippen LogP contribution >= 0.6 is 0 Å². The van der Waals surface area contributed by atoms with Crippen molar-refractivity contribution >= 4 is 29.3 Å². The van der Waals surface area contributed by atoms with E-state index in [-0.39, 0.29) is 12.5 Å². The molecule has 0 radical (unpaired) electrons. The number of carbonyl (C=O) groups excluding carboxylic acids is 2. The molecule has 1 aliphatic heterocycles. The molecule has 0 aliphatic carbocycles. The molecule has 0 N–H and O–H groups in total. The Labute approximate surface area is 263 Å². The van der Waals surface area contributed by atoms with E-state index in [0.29, 0.717) is 55.0 Å². The lowest BCUT2D eigenvalue weighted by Crippen LogP contribution is -2.48. The summed E-state index contributed by atoms with van der Waals surface area (Å²) < 4.78 is 20.5. The van der Waals surface area contributed by atoms with Crippen molar-refractivity contribution in [3.05, 3.63) is 47.4 Å². The molecule has 13 nitrogen and oxygen atoms in total. The maximum absolute atomic E-state index is 14.0. The Morgan fingerprint density at radius 2 is 1.64 bits per heavy atom. The first-order chi connectivity index (χ1) is 21.3. The van der Waals surface area contributed by atoms with Crippen LogP contribution < -0.4 is 19.3 Å². The molecule has 0 spiro atoms. The smallest absolute Gasteiger partial charge is 0.416 e. The third-order valence-corrected chi connectivity index (χ3v) is 7.76. The van der Waals surface area contributed by atoms with Gasteiger partial charge in [0.2, 0.25) is 5.91 Å². The lowest BCUT2D eigenvalue weighted by atomic mass is 10.1. The van der Waals surface area contributed by atoms with Gasteiger partial charge in [-0.15, -0.1) is 0 Å². The fourth-order valence-corrected chi connectivity index (χ4v) is 5.56. The van der Waals surface area contributed by atoms with E-state index in [1.54, 1.807) is 35.2 Å². The number of fused-ring (bicyclic) bond motifs is 1. The molecule has 0 saturated carbocycles. The second kappa shape index (κ2) is 12.3. The maximum atomic E-state index is 14.0. The molecule has 3 aromatic heterocycles. The van der Waals surface area contributed by atoms with Crippen LogP contribution in [0.15, 0.2) is 30.3 Å². The number of nitrogens with zero attached hydrogens (tertiary/aromatic N) is 8. The van der Waals surface area contributed by atoms with E-state index in [0.717, 1.165) is 28.2 Å². The Kier molecular flexibility index (Phi) is 8.63. The molecule has 45 heavy (non-hydrogen) atoms. The van der Waals surface area contributed by atoms with Crippen molar-refractivity contribution in [2.45, 2.75) is 53.7 Å². The summed E-state index contributed by atoms with van der Waals surface area (Å²) in [4.78, 5) is 36.7. The molecule has 0 unspecified atom stereocenters. The molecular formula is C32H42N8O5. The van der Waals surface area contributed by atoms with Crippen molar-refractivity contribution in [2.75, 3.05) is 50.2 Å². The van der Waals surface area contributed by atoms with Gasteiger partial charge in [0.05, 0.1) is 37.8 Å². The van der Waals surface area contributed by atoms with Gasteiger partial charge >= 0.3 is 6.09 Å². The van der Waals surface area contributed by atoms with Gasteiger partial charge in [-0.2, -0.15) is 14.7 Å². The Bertz CT molecular complexity index is 1730. The van der Waals surface area contributed by atoms with Crippen LogP contribution in [0.25, 0.3) is 16.8 Å². The van der Waals surface area contributed by atoms with Gasteiger partial charge in [-0.3, -0.25) is 14.4 Å². The topological polar surface area (TPSA) is 120 Å². The number of anilines is 2. The molecule has 13 heteroatoms. The van der Waals surface area contributed by atoms with E-state index < -0.39 is 11.7 Å². The summed E-state index contributed by atoms with van der Waals surface area (Å²) in [6, 6.07) is 9.50. The summed E-state index contributed by atoms with van der Waals surface area (Å²) in [5.41, 5.74) is 3.84. The minimum Gasteiger partial charge on any atom is -0.493 e. The maximum Gasteiger partial charge on any atom is 0.416 e. The highest BCUT2D eigenvalue weighted by Gasteiger charge is 2.30. The van der Waals surface area contributed by atoms with Crippen LogP contribution in [0.1, 0.15) is 44.8 Å². The number of hydrogen-bond acceptors (Lipinski definition) is 9. The van der Waals surface area contributed by atoms with Crippen LogP contribution in [0, 0.1) is 13.8 Å². The van der Waals surface area contributed by atoms with Gasteiger partial charge < -0.3 is 24.0 Å². The number of carbonyl (C=O) groups is 2. The molecule has 0 atom stereocenters. The summed E-state index contributed by atoms with van der Waals surface area (Å²) in [6.45, 7) is 13.4. The molecule has 1 aliphatic rings. The third kappa shape index (κ3) is 6.52. The molecule has 1 fully saturated rings. The van der Waals surface area contributed by atoms with Crippen LogP contribution in [0.4, 0.5) is 16.4 Å². The van der Waals surface area contributed by atoms with Gasteiger partial charge in [0.25, 0.3) is 0 Å². The van der Waals surface area contributed by atoms with Crippen molar-refractivity contribution in [3.63, 3.8) is 0 Å². The van der Waals surface area contributed by atoms with Crippen LogP contribution in [-0.2, 0) is 23.1 Å².